The topological polar surface area (TPSA) is 41.9 Å². The van der Waals surface area contributed by atoms with Crippen molar-refractivity contribution in [2.24, 2.45) is 12.8 Å². The monoisotopic (exact) mass is 358 g/mol. The average Bonchev–Trinajstić information content (AvgIpc) is 2.25. The Balaban J connectivity index is 3.08. The molecule has 1 rings (SSSR count). The first kappa shape index (κ1) is 14.2. The molecule has 1 aromatic heterocycles. The van der Waals surface area contributed by atoms with E-state index in [0.717, 1.165) is 6.08 Å². The number of nitrogens with two attached hydrogens (primary N) is 1. The Kier molecular flexibility index (Phi) is 4.75. The van der Waals surface area contributed by atoms with Crippen molar-refractivity contribution in [1.82, 2.24) is 3.53 Å². The van der Waals surface area contributed by atoms with Crippen molar-refractivity contribution in [1.29, 1.82) is 0 Å². The maximum Gasteiger partial charge on any atom is 0.407 e. The minimum Gasteiger partial charge on any atom is -0.323 e. The fourth-order valence-electron chi connectivity index (χ4n) is 1.24. The summed E-state index contributed by atoms with van der Waals surface area (Å²) in [5, 5.41) is 0. The van der Waals surface area contributed by atoms with Crippen molar-refractivity contribution in [3.05, 3.63) is 36.2 Å². The van der Waals surface area contributed by atoms with Crippen LogP contribution in [0.15, 0.2) is 30.5 Å². The number of nitrogens with one attached hydrogen (secondary N) is 1. The molecule has 0 fully saturated rings. The summed E-state index contributed by atoms with van der Waals surface area (Å²) < 4.78 is 41.5. The summed E-state index contributed by atoms with van der Waals surface area (Å²) in [5.74, 6) is 0. The first-order valence-corrected chi connectivity index (χ1v) is 5.80. The van der Waals surface area contributed by atoms with Gasteiger partial charge in [0, 0.05) is 12.1 Å². The Bertz CT molecular complexity index is 418. The largest absolute Gasteiger partial charge is 0.407 e. The van der Waals surface area contributed by atoms with Gasteiger partial charge in [0.2, 0.25) is 5.69 Å². The Morgan fingerprint density at radius 3 is 2.65 bits per heavy atom. The molecule has 0 aliphatic rings. The van der Waals surface area contributed by atoms with E-state index < -0.39 is 12.2 Å². The van der Waals surface area contributed by atoms with Crippen LogP contribution in [-0.2, 0) is 7.05 Å². The van der Waals surface area contributed by atoms with E-state index in [-0.39, 0.29) is 0 Å². The van der Waals surface area contributed by atoms with Crippen molar-refractivity contribution in [2.75, 3.05) is 0 Å². The van der Waals surface area contributed by atoms with Crippen LogP contribution < -0.4 is 13.8 Å². The van der Waals surface area contributed by atoms with E-state index in [1.807, 2.05) is 0 Å². The zero-order valence-corrected chi connectivity index (χ0v) is 11.2. The van der Waals surface area contributed by atoms with E-state index >= 15 is 0 Å². The quantitative estimate of drug-likeness (QED) is 0.491. The summed E-state index contributed by atoms with van der Waals surface area (Å²) in [6.07, 6.45) is -1.73. The molecule has 0 saturated carbocycles. The molecule has 0 amide bonds. The highest BCUT2D eigenvalue weighted by atomic mass is 127. The summed E-state index contributed by atoms with van der Waals surface area (Å²) in [4.78, 5) is 0. The van der Waals surface area contributed by atoms with Gasteiger partial charge in [0.05, 0.1) is 22.9 Å². The van der Waals surface area contributed by atoms with Crippen molar-refractivity contribution in [3.63, 3.8) is 0 Å². The Morgan fingerprint density at radius 1 is 1.53 bits per heavy atom. The first-order valence-electron chi connectivity index (χ1n) is 4.72. The molecule has 7 heteroatoms. The lowest BCUT2D eigenvalue weighted by molar-refractivity contribution is -0.673. The number of pyridine rings is 1. The lowest BCUT2D eigenvalue weighted by Crippen LogP contribution is -2.38. The molecule has 17 heavy (non-hydrogen) atoms. The van der Waals surface area contributed by atoms with Crippen molar-refractivity contribution in [3.8, 4) is 0 Å². The first-order chi connectivity index (χ1) is 7.86. The van der Waals surface area contributed by atoms with Crippen LogP contribution in [0.5, 0.6) is 0 Å². The molecule has 1 atom stereocenters. The highest BCUT2D eigenvalue weighted by molar-refractivity contribution is 14.1. The Labute approximate surface area is 111 Å². The molecular formula is C10H12F3IN3+. The Hall–Kier alpha value is -0.830. The second-order valence-electron chi connectivity index (χ2n) is 3.44. The number of alkyl halides is 3. The number of hydrogen-bond acceptors (Lipinski definition) is 2. The fourth-order valence-corrected chi connectivity index (χ4v) is 1.70. The number of rotatable bonds is 3. The molecule has 1 heterocycles. The lowest BCUT2D eigenvalue weighted by Gasteiger charge is -2.13. The van der Waals surface area contributed by atoms with Crippen LogP contribution in [0.2, 0.25) is 0 Å². The summed E-state index contributed by atoms with van der Waals surface area (Å²) in [6, 6.07) is 3.26. The van der Waals surface area contributed by atoms with Crippen LogP contribution in [-0.4, -0.2) is 12.2 Å². The van der Waals surface area contributed by atoms with Gasteiger partial charge in [-0.1, -0.05) is 0 Å². The lowest BCUT2D eigenvalue weighted by atomic mass is 10.2. The molecule has 0 aliphatic heterocycles. The second kappa shape index (κ2) is 5.67. The molecule has 94 valence electrons. The van der Waals surface area contributed by atoms with E-state index in [0.29, 0.717) is 11.4 Å². The maximum absolute atomic E-state index is 12.4. The average molecular weight is 358 g/mol. The fraction of sp³-hybridized carbons (Fsp3) is 0.300. The Morgan fingerprint density at radius 2 is 2.18 bits per heavy atom. The van der Waals surface area contributed by atoms with Gasteiger partial charge >= 0.3 is 6.18 Å². The zero-order chi connectivity index (χ0) is 13.1. The van der Waals surface area contributed by atoms with Gasteiger partial charge in [-0.05, 0) is 12.1 Å². The normalized spacial score (nSPS) is 14.6. The molecule has 0 aromatic carbocycles. The molecule has 0 aliphatic carbocycles. The highest BCUT2D eigenvalue weighted by Crippen LogP contribution is 2.21. The SMILES string of the molecule is C[n+]1ccccc1/C(=C/C(N)C(F)(F)F)NI. The smallest absolute Gasteiger partial charge is 0.323 e. The highest BCUT2D eigenvalue weighted by Gasteiger charge is 2.36. The van der Waals surface area contributed by atoms with Crippen LogP contribution in [0.25, 0.3) is 5.70 Å². The molecule has 0 spiro atoms. The molecule has 1 unspecified atom stereocenters. The minimum absolute atomic E-state index is 0.332. The van der Waals surface area contributed by atoms with E-state index in [1.165, 1.54) is 0 Å². The second-order valence-corrected chi connectivity index (χ2v) is 3.98. The molecule has 1 aromatic rings. The predicted molar refractivity (Wildman–Crippen MR) is 66.8 cm³/mol. The van der Waals surface area contributed by atoms with E-state index in [9.17, 15) is 13.2 Å². The van der Waals surface area contributed by atoms with Crippen molar-refractivity contribution < 1.29 is 17.7 Å². The molecule has 0 radical (unpaired) electrons. The minimum atomic E-state index is -4.44. The van der Waals surface area contributed by atoms with Crippen LogP contribution in [0.1, 0.15) is 5.69 Å². The number of aryl methyl sites for hydroxylation is 1. The third-order valence-corrected chi connectivity index (χ3v) is 2.74. The van der Waals surface area contributed by atoms with E-state index in [2.05, 4.69) is 3.53 Å². The van der Waals surface area contributed by atoms with Crippen LogP contribution in [0.3, 0.4) is 0 Å². The summed E-state index contributed by atoms with van der Waals surface area (Å²) in [7, 11) is 1.75. The van der Waals surface area contributed by atoms with Gasteiger partial charge in [-0.25, -0.2) is 0 Å². The van der Waals surface area contributed by atoms with Crippen LogP contribution >= 0.6 is 22.9 Å². The summed E-state index contributed by atoms with van der Waals surface area (Å²) >= 11 is 1.78. The molecule has 0 saturated heterocycles. The summed E-state index contributed by atoms with van der Waals surface area (Å²) in [5.41, 5.74) is 6.02. The van der Waals surface area contributed by atoms with Gasteiger partial charge in [0.1, 0.15) is 18.8 Å². The van der Waals surface area contributed by atoms with E-state index in [4.69, 9.17) is 5.73 Å². The van der Waals surface area contributed by atoms with Gasteiger partial charge in [0.25, 0.3) is 0 Å². The molecule has 3 nitrogen and oxygen atoms in total. The number of nitrogens with zero attached hydrogens (tertiary/aromatic N) is 1. The van der Waals surface area contributed by atoms with Gasteiger partial charge in [-0.2, -0.15) is 17.7 Å². The number of aromatic nitrogens is 1. The van der Waals surface area contributed by atoms with E-state index in [1.54, 1.807) is 58.9 Å². The predicted octanol–water partition coefficient (Wildman–Crippen LogP) is 1.68. The molecular weight excluding hydrogens is 346 g/mol. The molecule has 3 N–H and O–H groups in total. The van der Waals surface area contributed by atoms with Gasteiger partial charge in [-0.15, -0.1) is 0 Å². The van der Waals surface area contributed by atoms with Gasteiger partial charge < -0.3 is 9.26 Å². The van der Waals surface area contributed by atoms with Crippen LogP contribution in [0.4, 0.5) is 13.2 Å². The third kappa shape index (κ3) is 3.84. The zero-order valence-electron chi connectivity index (χ0n) is 9.00. The summed E-state index contributed by atoms with van der Waals surface area (Å²) in [6.45, 7) is 0. The molecule has 0 bridgehead atoms. The van der Waals surface area contributed by atoms with Crippen LogP contribution in [0, 0.1) is 0 Å². The number of halogens is 4. The third-order valence-electron chi connectivity index (χ3n) is 2.16. The standard InChI is InChI=1S/C10H12F3IN3/c1-17-5-3-2-4-8(17)7(16-14)6-9(15)10(11,12)13/h2-6,9,16H,15H2,1H3/q+1/b7-6-. The van der Waals surface area contributed by atoms with Gasteiger partial charge in [-0.3, -0.25) is 0 Å². The number of hydrogen-bond donors (Lipinski definition) is 2. The maximum atomic E-state index is 12.4. The van der Waals surface area contributed by atoms with Gasteiger partial charge in [0.15, 0.2) is 6.20 Å². The van der Waals surface area contributed by atoms with Crippen molar-refractivity contribution >= 4 is 28.6 Å². The van der Waals surface area contributed by atoms with Crippen molar-refractivity contribution in [2.45, 2.75) is 12.2 Å².